The number of benzene rings is 7. The molecule has 56 heavy (non-hydrogen) atoms. The summed E-state index contributed by atoms with van der Waals surface area (Å²) in [5.74, 6) is 3.78. The fourth-order valence-electron chi connectivity index (χ4n) is 9.08. The van der Waals surface area contributed by atoms with Crippen molar-refractivity contribution in [3.63, 3.8) is 0 Å². The van der Waals surface area contributed by atoms with E-state index in [-0.39, 0.29) is 0 Å². The zero-order valence-corrected chi connectivity index (χ0v) is 31.3. The molecule has 6 nitrogen and oxygen atoms in total. The van der Waals surface area contributed by atoms with Crippen LogP contribution >= 0.6 is 0 Å². The Hall–Kier alpha value is -6.92. The molecule has 3 aromatic heterocycles. The standard InChI is InChI=1S/C50H38N6/c1-31-28-32(2)30-37(29-31)48-52-47(35-12-5-3-6-13-35)53-50(54-48)56-42-18-10-9-17-41(42)51-49(56)36-22-20-33(21-23-36)39-26-27-44-46-40(39)25-24-34-14-11-19-43(45(34)46)55(44)38-15-7-4-8-16-38/h3-27,29,31-32H,28,30H2,1-2H3. The second kappa shape index (κ2) is 12.8. The van der Waals surface area contributed by atoms with Gasteiger partial charge in [0.25, 0.3) is 0 Å². The lowest BCUT2D eigenvalue weighted by atomic mass is 9.84. The maximum absolute atomic E-state index is 5.22. The van der Waals surface area contributed by atoms with Gasteiger partial charge in [0, 0.05) is 27.6 Å². The van der Waals surface area contributed by atoms with Crippen LogP contribution in [0.5, 0.6) is 0 Å². The second-order valence-corrected chi connectivity index (χ2v) is 15.4. The number of allylic oxidation sites excluding steroid dienone is 2. The van der Waals surface area contributed by atoms with Crippen LogP contribution in [0.25, 0.3) is 94.7 Å². The molecule has 3 heterocycles. The average Bonchev–Trinajstić information content (AvgIpc) is 3.80. The summed E-state index contributed by atoms with van der Waals surface area (Å²) in [6.07, 6.45) is 4.46. The summed E-state index contributed by atoms with van der Waals surface area (Å²) in [7, 11) is 0. The fourth-order valence-corrected chi connectivity index (χ4v) is 9.08. The Kier molecular flexibility index (Phi) is 7.46. The summed E-state index contributed by atoms with van der Waals surface area (Å²) in [6.45, 7) is 4.60. The van der Waals surface area contributed by atoms with E-state index in [4.69, 9.17) is 19.9 Å². The Morgan fingerprint density at radius 2 is 1.23 bits per heavy atom. The monoisotopic (exact) mass is 722 g/mol. The van der Waals surface area contributed by atoms with Gasteiger partial charge in [0.2, 0.25) is 5.95 Å². The number of nitrogens with zero attached hydrogens (tertiary/aromatic N) is 6. The Morgan fingerprint density at radius 1 is 0.518 bits per heavy atom. The topological polar surface area (TPSA) is 61.4 Å². The van der Waals surface area contributed by atoms with Gasteiger partial charge in [-0.1, -0.05) is 135 Å². The van der Waals surface area contributed by atoms with Crippen LogP contribution < -0.4 is 0 Å². The first-order chi connectivity index (χ1) is 27.6. The molecule has 0 spiro atoms. The molecule has 2 unspecified atom stereocenters. The van der Waals surface area contributed by atoms with Crippen molar-refractivity contribution in [2.75, 3.05) is 0 Å². The molecule has 0 amide bonds. The zero-order valence-electron chi connectivity index (χ0n) is 31.3. The molecule has 0 bridgehead atoms. The van der Waals surface area contributed by atoms with E-state index < -0.39 is 0 Å². The SMILES string of the molecule is CC1C=C(c2nc(-c3ccccc3)nc(-n3c(-c4ccc(-c5ccc6c7c5ccc5cccc(c57)n6-c5ccccc5)cc4)nc4ccccc43)n2)CC(C)C1. The van der Waals surface area contributed by atoms with Gasteiger partial charge in [-0.25, -0.2) is 9.97 Å². The molecule has 268 valence electrons. The van der Waals surface area contributed by atoms with E-state index in [2.05, 4.69) is 156 Å². The van der Waals surface area contributed by atoms with Crippen LogP contribution in [0.4, 0.5) is 0 Å². The molecule has 0 radical (unpaired) electrons. The lowest BCUT2D eigenvalue weighted by Gasteiger charge is -2.23. The average molecular weight is 723 g/mol. The molecule has 1 aliphatic rings. The van der Waals surface area contributed by atoms with Crippen LogP contribution in [0.3, 0.4) is 0 Å². The van der Waals surface area contributed by atoms with Crippen LogP contribution in [0.15, 0.2) is 158 Å². The van der Waals surface area contributed by atoms with Crippen LogP contribution in [-0.2, 0) is 0 Å². The molecule has 0 saturated carbocycles. The van der Waals surface area contributed by atoms with E-state index in [9.17, 15) is 0 Å². The highest BCUT2D eigenvalue weighted by Gasteiger charge is 2.24. The van der Waals surface area contributed by atoms with E-state index in [0.29, 0.717) is 23.6 Å². The number of para-hydroxylation sites is 3. The van der Waals surface area contributed by atoms with E-state index in [1.54, 1.807) is 0 Å². The molecule has 2 atom stereocenters. The van der Waals surface area contributed by atoms with Crippen molar-refractivity contribution in [2.24, 2.45) is 11.8 Å². The first-order valence-electron chi connectivity index (χ1n) is 19.5. The van der Waals surface area contributed by atoms with E-state index in [1.165, 1.54) is 55.8 Å². The van der Waals surface area contributed by atoms with Gasteiger partial charge in [-0.15, -0.1) is 0 Å². The lowest BCUT2D eigenvalue weighted by Crippen LogP contribution is -2.14. The minimum Gasteiger partial charge on any atom is -0.309 e. The molecule has 0 fully saturated rings. The van der Waals surface area contributed by atoms with Crippen LogP contribution in [-0.4, -0.2) is 29.1 Å². The van der Waals surface area contributed by atoms with Gasteiger partial charge in [0.05, 0.1) is 22.1 Å². The quantitative estimate of drug-likeness (QED) is 0.160. The Balaban J connectivity index is 1.06. The highest BCUT2D eigenvalue weighted by atomic mass is 15.2. The van der Waals surface area contributed by atoms with Crippen molar-refractivity contribution in [1.29, 1.82) is 0 Å². The van der Waals surface area contributed by atoms with Gasteiger partial charge in [0.1, 0.15) is 5.82 Å². The molecule has 11 rings (SSSR count). The van der Waals surface area contributed by atoms with Crippen molar-refractivity contribution in [1.82, 2.24) is 29.1 Å². The zero-order chi connectivity index (χ0) is 37.3. The second-order valence-electron chi connectivity index (χ2n) is 15.4. The molecule has 6 heteroatoms. The van der Waals surface area contributed by atoms with E-state index in [1.807, 2.05) is 24.3 Å². The van der Waals surface area contributed by atoms with Gasteiger partial charge in [-0.05, 0) is 88.5 Å². The first kappa shape index (κ1) is 32.5. The third-order valence-corrected chi connectivity index (χ3v) is 11.5. The van der Waals surface area contributed by atoms with Crippen LogP contribution in [0.2, 0.25) is 0 Å². The summed E-state index contributed by atoms with van der Waals surface area (Å²) in [6, 6.07) is 53.6. The van der Waals surface area contributed by atoms with Crippen molar-refractivity contribution < 1.29 is 0 Å². The van der Waals surface area contributed by atoms with Crippen LogP contribution in [0, 0.1) is 11.8 Å². The minimum atomic E-state index is 0.465. The Labute approximate surface area is 324 Å². The summed E-state index contributed by atoms with van der Waals surface area (Å²) < 4.78 is 4.50. The van der Waals surface area contributed by atoms with Crippen molar-refractivity contribution >= 4 is 49.2 Å². The third kappa shape index (κ3) is 5.24. The molecular formula is C50H38N6. The summed E-state index contributed by atoms with van der Waals surface area (Å²) in [5.41, 5.74) is 10.9. The molecule has 0 saturated heterocycles. The largest absolute Gasteiger partial charge is 0.309 e. The Morgan fingerprint density at radius 3 is 2.05 bits per heavy atom. The Bertz CT molecular complexity index is 3100. The lowest BCUT2D eigenvalue weighted by molar-refractivity contribution is 0.455. The minimum absolute atomic E-state index is 0.465. The third-order valence-electron chi connectivity index (χ3n) is 11.5. The molecule has 0 N–H and O–H groups in total. The number of aromatic nitrogens is 6. The molecule has 1 aliphatic carbocycles. The molecule has 10 aromatic rings. The van der Waals surface area contributed by atoms with Crippen molar-refractivity contribution in [3.05, 3.63) is 164 Å². The molecule has 7 aromatic carbocycles. The summed E-state index contributed by atoms with van der Waals surface area (Å²) >= 11 is 0. The van der Waals surface area contributed by atoms with E-state index in [0.717, 1.165) is 45.8 Å². The number of imidazole rings is 1. The van der Waals surface area contributed by atoms with Gasteiger partial charge >= 0.3 is 0 Å². The number of hydrogen-bond donors (Lipinski definition) is 0. The van der Waals surface area contributed by atoms with Crippen molar-refractivity contribution in [2.45, 2.75) is 26.7 Å². The van der Waals surface area contributed by atoms with Gasteiger partial charge < -0.3 is 4.57 Å². The van der Waals surface area contributed by atoms with Gasteiger partial charge in [-0.2, -0.15) is 9.97 Å². The maximum atomic E-state index is 5.22. The molecular weight excluding hydrogens is 685 g/mol. The highest BCUT2D eigenvalue weighted by molar-refractivity contribution is 6.26. The van der Waals surface area contributed by atoms with Crippen LogP contribution in [0.1, 0.15) is 32.5 Å². The maximum Gasteiger partial charge on any atom is 0.240 e. The normalized spacial score (nSPS) is 16.0. The predicted octanol–water partition coefficient (Wildman–Crippen LogP) is 12.3. The number of fused-ring (bicyclic) bond motifs is 1. The number of hydrogen-bond acceptors (Lipinski definition) is 4. The smallest absolute Gasteiger partial charge is 0.240 e. The predicted molar refractivity (Wildman–Crippen MR) is 229 cm³/mol. The number of rotatable bonds is 6. The first-order valence-corrected chi connectivity index (χ1v) is 19.5. The van der Waals surface area contributed by atoms with Gasteiger partial charge in [-0.3, -0.25) is 4.57 Å². The summed E-state index contributed by atoms with van der Waals surface area (Å²) in [5, 5.41) is 5.09. The fraction of sp³-hybridized carbons (Fsp3) is 0.120. The highest BCUT2D eigenvalue weighted by Crippen LogP contribution is 2.43. The van der Waals surface area contributed by atoms with Crippen molar-refractivity contribution in [3.8, 4) is 45.5 Å². The molecule has 0 aliphatic heterocycles. The van der Waals surface area contributed by atoms with E-state index >= 15 is 0 Å². The van der Waals surface area contributed by atoms with Gasteiger partial charge in [0.15, 0.2) is 11.6 Å². The summed E-state index contributed by atoms with van der Waals surface area (Å²) in [4.78, 5) is 20.7.